The quantitative estimate of drug-likeness (QED) is 0.694. The van der Waals surface area contributed by atoms with Crippen molar-refractivity contribution in [3.8, 4) is 11.3 Å². The minimum Gasteiger partial charge on any atom is -0.396 e. The van der Waals surface area contributed by atoms with E-state index in [2.05, 4.69) is 10.1 Å². The van der Waals surface area contributed by atoms with Crippen molar-refractivity contribution in [1.82, 2.24) is 14.8 Å². The van der Waals surface area contributed by atoms with E-state index in [4.69, 9.17) is 17.3 Å². The molecule has 0 atom stereocenters. The lowest BCUT2D eigenvalue weighted by atomic mass is 10.1. The van der Waals surface area contributed by atoms with Crippen LogP contribution in [-0.4, -0.2) is 14.8 Å². The first-order valence-electron chi connectivity index (χ1n) is 5.22. The Balaban J connectivity index is 2.36. The molecular weight excluding hydrogens is 236 g/mol. The highest BCUT2D eigenvalue weighted by Crippen LogP contribution is 2.34. The van der Waals surface area contributed by atoms with Gasteiger partial charge in [-0.3, -0.25) is 4.68 Å². The van der Waals surface area contributed by atoms with Crippen molar-refractivity contribution in [2.24, 2.45) is 7.05 Å². The number of anilines is 1. The predicted molar refractivity (Wildman–Crippen MR) is 69.9 cm³/mol. The summed E-state index contributed by atoms with van der Waals surface area (Å²) in [6.45, 7) is 0. The van der Waals surface area contributed by atoms with Crippen LogP contribution in [0, 0.1) is 0 Å². The van der Waals surface area contributed by atoms with E-state index in [1.54, 1.807) is 10.9 Å². The number of nitrogens with zero attached hydrogens (tertiary/aromatic N) is 2. The number of para-hydroxylation sites is 1. The van der Waals surface area contributed by atoms with Gasteiger partial charge in [-0.05, 0) is 6.07 Å². The Kier molecular flexibility index (Phi) is 2.12. The van der Waals surface area contributed by atoms with Crippen LogP contribution >= 0.6 is 11.6 Å². The van der Waals surface area contributed by atoms with Crippen LogP contribution in [0.4, 0.5) is 5.69 Å². The fraction of sp³-hybridized carbons (Fsp3) is 0.0833. The highest BCUT2D eigenvalue weighted by atomic mass is 35.5. The summed E-state index contributed by atoms with van der Waals surface area (Å²) in [5.41, 5.74) is 9.43. The van der Waals surface area contributed by atoms with Crippen molar-refractivity contribution in [3.05, 3.63) is 35.6 Å². The summed E-state index contributed by atoms with van der Waals surface area (Å²) >= 11 is 6.13. The largest absolute Gasteiger partial charge is 0.396 e. The molecule has 2 heterocycles. The number of fused-ring (bicyclic) bond motifs is 1. The van der Waals surface area contributed by atoms with Crippen LogP contribution in [0.25, 0.3) is 22.2 Å². The summed E-state index contributed by atoms with van der Waals surface area (Å²) in [6.07, 6.45) is 3.56. The molecule has 4 nitrogen and oxygen atoms in total. The monoisotopic (exact) mass is 246 g/mol. The number of nitrogens with two attached hydrogens (primary N) is 1. The molecule has 0 unspecified atom stereocenters. The van der Waals surface area contributed by atoms with Gasteiger partial charge in [-0.25, -0.2) is 0 Å². The average molecular weight is 247 g/mol. The lowest BCUT2D eigenvalue weighted by Crippen LogP contribution is -1.95. The van der Waals surface area contributed by atoms with Gasteiger partial charge in [0.05, 0.1) is 28.1 Å². The van der Waals surface area contributed by atoms with Crippen LogP contribution in [0.1, 0.15) is 0 Å². The standard InChI is InChI=1S/C12H11ClN4/c1-17-12(10(14)6-16-17)8-5-15-11-7(8)3-2-4-9(11)13/h2-6,15H,14H2,1H3. The maximum atomic E-state index is 6.13. The number of rotatable bonds is 1. The summed E-state index contributed by atoms with van der Waals surface area (Å²) < 4.78 is 1.76. The van der Waals surface area contributed by atoms with E-state index in [9.17, 15) is 0 Å². The fourth-order valence-corrected chi connectivity index (χ4v) is 2.33. The van der Waals surface area contributed by atoms with Crippen molar-refractivity contribution in [2.75, 3.05) is 5.73 Å². The van der Waals surface area contributed by atoms with Crippen LogP contribution in [0.3, 0.4) is 0 Å². The minimum absolute atomic E-state index is 0.661. The molecule has 0 aliphatic heterocycles. The number of nitrogens with one attached hydrogen (secondary N) is 1. The SMILES string of the molecule is Cn1ncc(N)c1-c1c[nH]c2c(Cl)cccc12. The second-order valence-corrected chi connectivity index (χ2v) is 4.34. The molecule has 5 heteroatoms. The molecule has 0 bridgehead atoms. The van der Waals surface area contributed by atoms with Crippen LogP contribution in [-0.2, 0) is 7.05 Å². The molecule has 0 saturated carbocycles. The average Bonchev–Trinajstić information content (AvgIpc) is 2.84. The van der Waals surface area contributed by atoms with E-state index in [1.165, 1.54) is 0 Å². The first kappa shape index (κ1) is 10.2. The third-order valence-electron chi connectivity index (χ3n) is 2.89. The Bertz CT molecular complexity index is 676. The molecule has 0 spiro atoms. The minimum atomic E-state index is 0.661. The molecule has 0 saturated heterocycles. The number of aryl methyl sites for hydroxylation is 1. The lowest BCUT2D eigenvalue weighted by Gasteiger charge is -2.02. The second kappa shape index (κ2) is 3.53. The number of benzene rings is 1. The molecule has 0 aliphatic rings. The van der Waals surface area contributed by atoms with Crippen LogP contribution < -0.4 is 5.73 Å². The molecule has 0 aliphatic carbocycles. The molecule has 0 radical (unpaired) electrons. The van der Waals surface area contributed by atoms with E-state index in [1.807, 2.05) is 31.4 Å². The van der Waals surface area contributed by atoms with Crippen LogP contribution in [0.5, 0.6) is 0 Å². The van der Waals surface area contributed by atoms with Gasteiger partial charge in [0.2, 0.25) is 0 Å². The summed E-state index contributed by atoms with van der Waals surface area (Å²) in [5.74, 6) is 0. The molecule has 17 heavy (non-hydrogen) atoms. The number of aromatic nitrogens is 3. The number of H-pyrrole nitrogens is 1. The highest BCUT2D eigenvalue weighted by molar-refractivity contribution is 6.35. The van der Waals surface area contributed by atoms with Gasteiger partial charge in [-0.15, -0.1) is 0 Å². The van der Waals surface area contributed by atoms with Crippen LogP contribution in [0.15, 0.2) is 30.6 Å². The smallest absolute Gasteiger partial charge is 0.0930 e. The van der Waals surface area contributed by atoms with Gasteiger partial charge in [0.15, 0.2) is 0 Å². The molecular formula is C12H11ClN4. The third kappa shape index (κ3) is 1.41. The van der Waals surface area contributed by atoms with E-state index >= 15 is 0 Å². The zero-order chi connectivity index (χ0) is 12.0. The number of hydrogen-bond donors (Lipinski definition) is 2. The van der Waals surface area contributed by atoms with Gasteiger partial charge in [-0.2, -0.15) is 5.10 Å². The molecule has 0 amide bonds. The van der Waals surface area contributed by atoms with Crippen molar-refractivity contribution in [3.63, 3.8) is 0 Å². The summed E-state index contributed by atoms with van der Waals surface area (Å²) in [7, 11) is 1.87. The Morgan fingerprint density at radius 2 is 2.24 bits per heavy atom. The molecule has 3 rings (SSSR count). The first-order chi connectivity index (χ1) is 8.18. The predicted octanol–water partition coefficient (Wildman–Crippen LogP) is 2.80. The number of halogens is 1. The van der Waals surface area contributed by atoms with Gasteiger partial charge in [0, 0.05) is 24.2 Å². The van der Waals surface area contributed by atoms with Crippen LogP contribution in [0.2, 0.25) is 5.02 Å². The Labute approximate surface area is 103 Å². The van der Waals surface area contributed by atoms with E-state index in [0.29, 0.717) is 10.7 Å². The molecule has 3 N–H and O–H groups in total. The summed E-state index contributed by atoms with van der Waals surface area (Å²) in [5, 5.41) is 5.90. The topological polar surface area (TPSA) is 59.6 Å². The van der Waals surface area contributed by atoms with Crippen molar-refractivity contribution in [1.29, 1.82) is 0 Å². The Hall–Kier alpha value is -1.94. The molecule has 3 aromatic rings. The van der Waals surface area contributed by atoms with Gasteiger partial charge < -0.3 is 10.7 Å². The third-order valence-corrected chi connectivity index (χ3v) is 3.20. The number of hydrogen-bond acceptors (Lipinski definition) is 2. The van der Waals surface area contributed by atoms with E-state index < -0.39 is 0 Å². The van der Waals surface area contributed by atoms with E-state index in [-0.39, 0.29) is 0 Å². The summed E-state index contributed by atoms with van der Waals surface area (Å²) in [4.78, 5) is 3.17. The zero-order valence-corrected chi connectivity index (χ0v) is 9.99. The molecule has 86 valence electrons. The molecule has 0 fully saturated rings. The zero-order valence-electron chi connectivity index (χ0n) is 9.24. The van der Waals surface area contributed by atoms with Crippen molar-refractivity contribution in [2.45, 2.75) is 0 Å². The van der Waals surface area contributed by atoms with Crippen molar-refractivity contribution < 1.29 is 0 Å². The maximum Gasteiger partial charge on any atom is 0.0930 e. The summed E-state index contributed by atoms with van der Waals surface area (Å²) in [6, 6.07) is 5.80. The van der Waals surface area contributed by atoms with E-state index in [0.717, 1.165) is 22.2 Å². The van der Waals surface area contributed by atoms with Gasteiger partial charge >= 0.3 is 0 Å². The highest BCUT2D eigenvalue weighted by Gasteiger charge is 2.13. The maximum absolute atomic E-state index is 6.13. The van der Waals surface area contributed by atoms with Gasteiger partial charge in [0.1, 0.15) is 0 Å². The lowest BCUT2D eigenvalue weighted by molar-refractivity contribution is 0.776. The Morgan fingerprint density at radius 1 is 1.41 bits per heavy atom. The number of aromatic amines is 1. The molecule has 1 aromatic carbocycles. The Morgan fingerprint density at radius 3 is 2.94 bits per heavy atom. The normalized spacial score (nSPS) is 11.2. The van der Waals surface area contributed by atoms with Gasteiger partial charge in [0.25, 0.3) is 0 Å². The van der Waals surface area contributed by atoms with Crippen molar-refractivity contribution >= 4 is 28.2 Å². The molecule has 2 aromatic heterocycles. The second-order valence-electron chi connectivity index (χ2n) is 3.94. The fourth-order valence-electron chi connectivity index (χ4n) is 2.10. The van der Waals surface area contributed by atoms with Gasteiger partial charge in [-0.1, -0.05) is 23.7 Å². The first-order valence-corrected chi connectivity index (χ1v) is 5.59. The number of nitrogen functional groups attached to an aromatic ring is 1.